The Morgan fingerprint density at radius 1 is 1.10 bits per heavy atom. The summed E-state index contributed by atoms with van der Waals surface area (Å²) in [7, 11) is 3.06. The van der Waals surface area contributed by atoms with Crippen LogP contribution < -0.4 is 14.8 Å². The number of halogens is 2. The molecule has 6 nitrogen and oxygen atoms in total. The third kappa shape index (κ3) is 4.71. The Hall–Kier alpha value is -3.42. The van der Waals surface area contributed by atoms with E-state index in [2.05, 4.69) is 10.4 Å². The third-order valence-corrected chi connectivity index (χ3v) is 4.42. The zero-order valence-corrected chi connectivity index (χ0v) is 16.3. The first-order chi connectivity index (χ1) is 13.9. The van der Waals surface area contributed by atoms with Crippen molar-refractivity contribution in [2.45, 2.75) is 19.9 Å². The number of aryl methyl sites for hydroxylation is 1. The zero-order chi connectivity index (χ0) is 21.0. The first kappa shape index (κ1) is 20.3. The number of benzene rings is 2. The highest BCUT2D eigenvalue weighted by atomic mass is 19.1. The van der Waals surface area contributed by atoms with E-state index in [9.17, 15) is 13.6 Å². The Morgan fingerprint density at radius 3 is 2.59 bits per heavy atom. The molecule has 0 bridgehead atoms. The van der Waals surface area contributed by atoms with E-state index >= 15 is 0 Å². The predicted molar refractivity (Wildman–Crippen MR) is 104 cm³/mol. The first-order valence-electron chi connectivity index (χ1n) is 8.88. The minimum atomic E-state index is -0.540. The topological polar surface area (TPSA) is 65.4 Å². The van der Waals surface area contributed by atoms with Gasteiger partial charge < -0.3 is 14.8 Å². The lowest BCUT2D eigenvalue weighted by Gasteiger charge is -2.12. The van der Waals surface area contributed by atoms with E-state index in [-0.39, 0.29) is 24.4 Å². The minimum Gasteiger partial charge on any atom is -0.493 e. The van der Waals surface area contributed by atoms with Gasteiger partial charge in [0.05, 0.1) is 33.4 Å². The summed E-state index contributed by atoms with van der Waals surface area (Å²) in [4.78, 5) is 12.6. The standard InChI is InChI=1S/C21H21F2N3O3/c1-13-11-24-26(12-15-10-16(22)5-6-17(15)23)21(13)25-20(27)9-14-4-7-18(28-2)19(8-14)29-3/h4-8,10-11H,9,12H2,1-3H3,(H,25,27). The third-order valence-electron chi connectivity index (χ3n) is 4.42. The number of carbonyl (C=O) groups is 1. The van der Waals surface area contributed by atoms with Crippen LogP contribution in [-0.2, 0) is 17.8 Å². The molecule has 0 saturated heterocycles. The highest BCUT2D eigenvalue weighted by molar-refractivity contribution is 5.92. The highest BCUT2D eigenvalue weighted by Gasteiger charge is 2.15. The molecule has 0 aliphatic carbocycles. The molecule has 29 heavy (non-hydrogen) atoms. The number of amides is 1. The van der Waals surface area contributed by atoms with Crippen LogP contribution in [0.4, 0.5) is 14.6 Å². The molecule has 0 atom stereocenters. The fraction of sp³-hybridized carbons (Fsp3) is 0.238. The molecule has 0 spiro atoms. The second-order valence-corrected chi connectivity index (χ2v) is 6.48. The van der Waals surface area contributed by atoms with Crippen LogP contribution in [0.2, 0.25) is 0 Å². The molecule has 0 radical (unpaired) electrons. The maximum Gasteiger partial charge on any atom is 0.229 e. The van der Waals surface area contributed by atoms with Gasteiger partial charge in [0.15, 0.2) is 11.5 Å². The molecule has 3 rings (SSSR count). The monoisotopic (exact) mass is 401 g/mol. The van der Waals surface area contributed by atoms with Crippen molar-refractivity contribution < 1.29 is 23.0 Å². The number of methoxy groups -OCH3 is 2. The molecule has 1 aromatic heterocycles. The van der Waals surface area contributed by atoms with E-state index in [0.717, 1.165) is 23.8 Å². The summed E-state index contributed by atoms with van der Waals surface area (Å²) in [6, 6.07) is 8.46. The van der Waals surface area contributed by atoms with Crippen molar-refractivity contribution in [1.82, 2.24) is 9.78 Å². The van der Waals surface area contributed by atoms with Crippen molar-refractivity contribution in [3.8, 4) is 11.5 Å². The van der Waals surface area contributed by atoms with Gasteiger partial charge in [-0.1, -0.05) is 6.07 Å². The van der Waals surface area contributed by atoms with Crippen molar-refractivity contribution in [1.29, 1.82) is 0 Å². The van der Waals surface area contributed by atoms with Gasteiger partial charge in [-0.2, -0.15) is 5.10 Å². The summed E-state index contributed by atoms with van der Waals surface area (Å²) in [5.41, 5.74) is 1.59. The second-order valence-electron chi connectivity index (χ2n) is 6.48. The van der Waals surface area contributed by atoms with Crippen LogP contribution in [0.5, 0.6) is 11.5 Å². The van der Waals surface area contributed by atoms with Gasteiger partial charge in [-0.05, 0) is 42.8 Å². The van der Waals surface area contributed by atoms with Crippen LogP contribution in [0.1, 0.15) is 16.7 Å². The summed E-state index contributed by atoms with van der Waals surface area (Å²) in [5, 5.41) is 6.97. The number of rotatable bonds is 7. The highest BCUT2D eigenvalue weighted by Crippen LogP contribution is 2.28. The molecular weight excluding hydrogens is 380 g/mol. The molecule has 1 heterocycles. The SMILES string of the molecule is COc1ccc(CC(=O)Nc2c(C)cnn2Cc2cc(F)ccc2F)cc1OC. The van der Waals surface area contributed by atoms with Gasteiger partial charge in [-0.15, -0.1) is 0 Å². The van der Waals surface area contributed by atoms with Crippen molar-refractivity contribution in [3.63, 3.8) is 0 Å². The second kappa shape index (κ2) is 8.72. The van der Waals surface area contributed by atoms with E-state index in [1.807, 2.05) is 0 Å². The lowest BCUT2D eigenvalue weighted by molar-refractivity contribution is -0.115. The average Bonchev–Trinajstić information content (AvgIpc) is 3.04. The number of hydrogen-bond donors (Lipinski definition) is 1. The molecule has 0 unspecified atom stereocenters. The summed E-state index contributed by atoms with van der Waals surface area (Å²) in [6.45, 7) is 1.76. The zero-order valence-electron chi connectivity index (χ0n) is 16.3. The Morgan fingerprint density at radius 2 is 1.86 bits per heavy atom. The van der Waals surface area contributed by atoms with Crippen molar-refractivity contribution in [2.75, 3.05) is 19.5 Å². The molecule has 0 fully saturated rings. The van der Waals surface area contributed by atoms with Crippen molar-refractivity contribution in [2.24, 2.45) is 0 Å². The van der Waals surface area contributed by atoms with Gasteiger partial charge in [0.2, 0.25) is 5.91 Å². The Balaban J connectivity index is 1.76. The summed E-state index contributed by atoms with van der Waals surface area (Å²) < 4.78 is 39.3. The fourth-order valence-corrected chi connectivity index (χ4v) is 2.94. The van der Waals surface area contributed by atoms with Crippen LogP contribution in [0, 0.1) is 18.6 Å². The van der Waals surface area contributed by atoms with Gasteiger partial charge in [-0.3, -0.25) is 4.79 Å². The smallest absolute Gasteiger partial charge is 0.229 e. The van der Waals surface area contributed by atoms with Crippen LogP contribution in [0.3, 0.4) is 0 Å². The summed E-state index contributed by atoms with van der Waals surface area (Å²) in [6.07, 6.45) is 1.66. The largest absolute Gasteiger partial charge is 0.493 e. The van der Waals surface area contributed by atoms with E-state index < -0.39 is 11.6 Å². The molecule has 0 saturated carbocycles. The number of ether oxygens (including phenoxy) is 2. The number of aromatic nitrogens is 2. The molecule has 3 aromatic rings. The molecule has 2 aromatic carbocycles. The lowest BCUT2D eigenvalue weighted by atomic mass is 10.1. The Labute approximate surface area is 167 Å². The van der Waals surface area contributed by atoms with Gasteiger partial charge >= 0.3 is 0 Å². The Bertz CT molecular complexity index is 1030. The van der Waals surface area contributed by atoms with E-state index in [1.165, 1.54) is 18.9 Å². The number of carbonyl (C=O) groups excluding carboxylic acids is 1. The number of hydrogen-bond acceptors (Lipinski definition) is 4. The van der Waals surface area contributed by atoms with Crippen LogP contribution >= 0.6 is 0 Å². The van der Waals surface area contributed by atoms with Crippen LogP contribution in [0.25, 0.3) is 0 Å². The summed E-state index contributed by atoms with van der Waals surface area (Å²) >= 11 is 0. The molecular formula is C21H21F2N3O3. The number of anilines is 1. The molecule has 0 aliphatic rings. The fourth-order valence-electron chi connectivity index (χ4n) is 2.94. The van der Waals surface area contributed by atoms with Gasteiger partial charge in [0, 0.05) is 11.1 Å². The first-order valence-corrected chi connectivity index (χ1v) is 8.88. The van der Waals surface area contributed by atoms with Crippen LogP contribution in [-0.4, -0.2) is 29.9 Å². The molecule has 0 aliphatic heterocycles. The average molecular weight is 401 g/mol. The number of nitrogens with one attached hydrogen (secondary N) is 1. The maximum atomic E-state index is 14.0. The lowest BCUT2D eigenvalue weighted by Crippen LogP contribution is -2.19. The number of nitrogens with zero attached hydrogens (tertiary/aromatic N) is 2. The van der Waals surface area contributed by atoms with Gasteiger partial charge in [-0.25, -0.2) is 13.5 Å². The molecule has 8 heteroatoms. The van der Waals surface area contributed by atoms with Crippen LogP contribution in [0.15, 0.2) is 42.6 Å². The van der Waals surface area contributed by atoms with Crippen molar-refractivity contribution >= 4 is 11.7 Å². The predicted octanol–water partition coefficient (Wildman–Crippen LogP) is 3.72. The van der Waals surface area contributed by atoms with Crippen molar-refractivity contribution in [3.05, 3.63) is 70.9 Å². The van der Waals surface area contributed by atoms with E-state index in [1.54, 1.807) is 31.3 Å². The molecule has 152 valence electrons. The Kier molecular flexibility index (Phi) is 6.11. The summed E-state index contributed by atoms with van der Waals surface area (Å²) in [5.74, 6) is 0.177. The van der Waals surface area contributed by atoms with Gasteiger partial charge in [0.25, 0.3) is 0 Å². The van der Waals surface area contributed by atoms with E-state index in [4.69, 9.17) is 9.47 Å². The normalized spacial score (nSPS) is 10.7. The maximum absolute atomic E-state index is 14.0. The van der Waals surface area contributed by atoms with E-state index in [0.29, 0.717) is 22.9 Å². The van der Waals surface area contributed by atoms with Gasteiger partial charge in [0.1, 0.15) is 17.5 Å². The quantitative estimate of drug-likeness (QED) is 0.655. The molecule has 1 amide bonds. The molecule has 1 N–H and O–H groups in total. The minimum absolute atomic E-state index is 0.0105.